The third-order valence-corrected chi connectivity index (χ3v) is 3.66. The van der Waals surface area contributed by atoms with Crippen molar-refractivity contribution in [2.24, 2.45) is 0 Å². The molecule has 0 unspecified atom stereocenters. The quantitative estimate of drug-likeness (QED) is 0.645. The Morgan fingerprint density at radius 1 is 1.12 bits per heavy atom. The van der Waals surface area contributed by atoms with Gasteiger partial charge in [0.05, 0.1) is 12.8 Å². The molecule has 0 aliphatic rings. The molecule has 0 aliphatic heterocycles. The molecule has 0 fully saturated rings. The molecule has 7 nitrogen and oxygen atoms in total. The van der Waals surface area contributed by atoms with Crippen molar-refractivity contribution >= 4 is 5.95 Å². The summed E-state index contributed by atoms with van der Waals surface area (Å²) >= 11 is 0. The number of hydrogen-bond acceptors (Lipinski definition) is 6. The van der Waals surface area contributed by atoms with Crippen LogP contribution in [0.5, 0.6) is 11.5 Å². The monoisotopic (exact) mass is 361 g/mol. The normalized spacial score (nSPS) is 10.8. The van der Waals surface area contributed by atoms with Gasteiger partial charge in [0.15, 0.2) is 11.5 Å². The van der Waals surface area contributed by atoms with Gasteiger partial charge in [0.2, 0.25) is 5.95 Å². The fraction of sp³-hybridized carbons (Fsp3) is 0.235. The van der Waals surface area contributed by atoms with Crippen LogP contribution in [0.4, 0.5) is 14.7 Å². The lowest BCUT2D eigenvalue weighted by Gasteiger charge is -2.19. The molecule has 136 valence electrons. The highest BCUT2D eigenvalue weighted by Gasteiger charge is 2.15. The zero-order valence-corrected chi connectivity index (χ0v) is 14.2. The van der Waals surface area contributed by atoms with E-state index in [9.17, 15) is 8.78 Å². The number of aromatic nitrogens is 4. The number of anilines is 1. The fourth-order valence-electron chi connectivity index (χ4n) is 2.50. The first-order chi connectivity index (χ1) is 12.6. The van der Waals surface area contributed by atoms with Crippen LogP contribution >= 0.6 is 0 Å². The summed E-state index contributed by atoms with van der Waals surface area (Å²) in [5.41, 5.74) is 1.66. The highest BCUT2D eigenvalue weighted by molar-refractivity contribution is 5.45. The number of tetrazole rings is 1. The van der Waals surface area contributed by atoms with E-state index >= 15 is 0 Å². The number of benzene rings is 2. The second kappa shape index (κ2) is 7.77. The molecule has 0 N–H and O–H groups in total. The Kier molecular flexibility index (Phi) is 5.26. The molecule has 26 heavy (non-hydrogen) atoms. The van der Waals surface area contributed by atoms with Crippen LogP contribution in [-0.2, 0) is 6.54 Å². The summed E-state index contributed by atoms with van der Waals surface area (Å²) in [6, 6.07) is 14.3. The number of rotatable bonds is 7. The summed E-state index contributed by atoms with van der Waals surface area (Å²) < 4.78 is 36.0. The van der Waals surface area contributed by atoms with E-state index in [0.717, 1.165) is 11.3 Å². The zero-order valence-electron chi connectivity index (χ0n) is 14.2. The molecule has 0 bridgehead atoms. The second-order valence-electron chi connectivity index (χ2n) is 5.45. The zero-order chi connectivity index (χ0) is 18.5. The SMILES string of the molecule is COc1cc(CN(C)c2nnnn2-c2ccccc2)ccc1OC(F)F. The van der Waals surface area contributed by atoms with Crippen LogP contribution in [0.25, 0.3) is 5.69 Å². The summed E-state index contributed by atoms with van der Waals surface area (Å²) in [5, 5.41) is 11.8. The molecule has 1 aromatic heterocycles. The maximum atomic E-state index is 12.4. The van der Waals surface area contributed by atoms with Crippen molar-refractivity contribution in [2.45, 2.75) is 13.2 Å². The third kappa shape index (κ3) is 3.88. The van der Waals surface area contributed by atoms with Crippen LogP contribution in [0.3, 0.4) is 0 Å². The highest BCUT2D eigenvalue weighted by Crippen LogP contribution is 2.30. The molecule has 1 heterocycles. The van der Waals surface area contributed by atoms with Crippen molar-refractivity contribution in [3.8, 4) is 17.2 Å². The van der Waals surface area contributed by atoms with Crippen molar-refractivity contribution in [1.82, 2.24) is 20.2 Å². The number of alkyl halides is 2. The summed E-state index contributed by atoms with van der Waals surface area (Å²) in [7, 11) is 3.23. The van der Waals surface area contributed by atoms with Gasteiger partial charge in [0.1, 0.15) is 0 Å². The molecule has 9 heteroatoms. The van der Waals surface area contributed by atoms with E-state index in [1.54, 1.807) is 16.8 Å². The summed E-state index contributed by atoms with van der Waals surface area (Å²) in [4.78, 5) is 1.84. The number of halogens is 2. The first-order valence-corrected chi connectivity index (χ1v) is 7.75. The molecule has 0 atom stereocenters. The minimum absolute atomic E-state index is 0.0111. The average molecular weight is 361 g/mol. The molecular formula is C17H17F2N5O2. The number of methoxy groups -OCH3 is 1. The van der Waals surface area contributed by atoms with Gasteiger partial charge in [-0.15, -0.1) is 0 Å². The molecule has 0 saturated heterocycles. The van der Waals surface area contributed by atoms with Crippen LogP contribution < -0.4 is 14.4 Å². The summed E-state index contributed by atoms with van der Waals surface area (Å²) in [5.74, 6) is 0.768. The van der Waals surface area contributed by atoms with Crippen molar-refractivity contribution in [1.29, 1.82) is 0 Å². The largest absolute Gasteiger partial charge is 0.493 e. The van der Waals surface area contributed by atoms with Gasteiger partial charge in [-0.1, -0.05) is 29.4 Å². The Balaban J connectivity index is 1.81. The number of ether oxygens (including phenoxy) is 2. The molecule has 0 aliphatic carbocycles. The van der Waals surface area contributed by atoms with Gasteiger partial charge in [-0.25, -0.2) is 0 Å². The van der Waals surface area contributed by atoms with Gasteiger partial charge in [0, 0.05) is 13.6 Å². The minimum Gasteiger partial charge on any atom is -0.493 e. The van der Waals surface area contributed by atoms with E-state index in [-0.39, 0.29) is 11.5 Å². The molecule has 0 spiro atoms. The van der Waals surface area contributed by atoms with Gasteiger partial charge in [0.25, 0.3) is 0 Å². The van der Waals surface area contributed by atoms with Crippen LogP contribution in [0, 0.1) is 0 Å². The standard InChI is InChI=1S/C17H17F2N5O2/c1-23(17-20-21-22-24(17)13-6-4-3-5-7-13)11-12-8-9-14(26-16(18)19)15(10-12)25-2/h3-10,16H,11H2,1-2H3. The van der Waals surface area contributed by atoms with Gasteiger partial charge in [-0.05, 0) is 40.3 Å². The first kappa shape index (κ1) is 17.6. The lowest BCUT2D eigenvalue weighted by molar-refractivity contribution is -0.0512. The van der Waals surface area contributed by atoms with E-state index in [2.05, 4.69) is 20.3 Å². The maximum absolute atomic E-state index is 12.4. The molecule has 0 amide bonds. The Bertz CT molecular complexity index is 857. The van der Waals surface area contributed by atoms with Crippen molar-refractivity contribution in [3.63, 3.8) is 0 Å². The Hall–Kier alpha value is -3.23. The van der Waals surface area contributed by atoms with Crippen molar-refractivity contribution < 1.29 is 18.3 Å². The lowest BCUT2D eigenvalue weighted by Crippen LogP contribution is -2.21. The molecule has 2 aromatic carbocycles. The van der Waals surface area contributed by atoms with Gasteiger partial charge in [-0.3, -0.25) is 0 Å². The van der Waals surface area contributed by atoms with Crippen LogP contribution in [0.15, 0.2) is 48.5 Å². The van der Waals surface area contributed by atoms with Crippen LogP contribution in [0.2, 0.25) is 0 Å². The predicted octanol–water partition coefficient (Wildman–Crippen LogP) is 2.91. The number of hydrogen-bond donors (Lipinski definition) is 0. The number of para-hydroxylation sites is 1. The molecular weight excluding hydrogens is 344 g/mol. The molecule has 0 radical (unpaired) electrons. The minimum atomic E-state index is -2.91. The van der Waals surface area contributed by atoms with Crippen molar-refractivity contribution in [2.75, 3.05) is 19.1 Å². The van der Waals surface area contributed by atoms with Crippen LogP contribution in [0.1, 0.15) is 5.56 Å². The van der Waals surface area contributed by atoms with E-state index in [1.807, 2.05) is 42.3 Å². The predicted molar refractivity (Wildman–Crippen MR) is 90.9 cm³/mol. The topological polar surface area (TPSA) is 65.3 Å². The third-order valence-electron chi connectivity index (χ3n) is 3.66. The Morgan fingerprint density at radius 2 is 1.88 bits per heavy atom. The lowest BCUT2D eigenvalue weighted by atomic mass is 10.2. The Morgan fingerprint density at radius 3 is 2.58 bits per heavy atom. The van der Waals surface area contributed by atoms with E-state index in [4.69, 9.17) is 4.74 Å². The van der Waals surface area contributed by atoms with Gasteiger partial charge < -0.3 is 14.4 Å². The van der Waals surface area contributed by atoms with E-state index < -0.39 is 6.61 Å². The summed E-state index contributed by atoms with van der Waals surface area (Å²) in [6.45, 7) is -2.47. The van der Waals surface area contributed by atoms with E-state index in [0.29, 0.717) is 12.5 Å². The fourth-order valence-corrected chi connectivity index (χ4v) is 2.50. The van der Waals surface area contributed by atoms with E-state index in [1.165, 1.54) is 13.2 Å². The van der Waals surface area contributed by atoms with Crippen LogP contribution in [-0.4, -0.2) is 41.0 Å². The maximum Gasteiger partial charge on any atom is 0.387 e. The number of nitrogens with zero attached hydrogens (tertiary/aromatic N) is 5. The molecule has 0 saturated carbocycles. The smallest absolute Gasteiger partial charge is 0.387 e. The first-order valence-electron chi connectivity index (χ1n) is 7.75. The summed E-state index contributed by atoms with van der Waals surface area (Å²) in [6.07, 6.45) is 0. The average Bonchev–Trinajstić information content (AvgIpc) is 3.13. The van der Waals surface area contributed by atoms with Gasteiger partial charge >= 0.3 is 6.61 Å². The van der Waals surface area contributed by atoms with Gasteiger partial charge in [-0.2, -0.15) is 13.5 Å². The second-order valence-corrected chi connectivity index (χ2v) is 5.45. The molecule has 3 aromatic rings. The highest BCUT2D eigenvalue weighted by atomic mass is 19.3. The van der Waals surface area contributed by atoms with Crippen molar-refractivity contribution in [3.05, 3.63) is 54.1 Å². The molecule has 3 rings (SSSR count). The Labute approximate surface area is 148 Å².